The van der Waals surface area contributed by atoms with Crippen molar-refractivity contribution in [3.63, 3.8) is 0 Å². The van der Waals surface area contributed by atoms with E-state index in [-0.39, 0.29) is 23.9 Å². The summed E-state index contributed by atoms with van der Waals surface area (Å²) < 4.78 is 0. The van der Waals surface area contributed by atoms with Gasteiger partial charge in [0.25, 0.3) is 29.1 Å². The molecule has 4 amide bonds. The number of likely N-dealkylation sites (N-methyl/N-ethyl adjacent to an activating group) is 3. The Morgan fingerprint density at radius 2 is 1.14 bits per heavy atom. The fourth-order valence-corrected chi connectivity index (χ4v) is 6.15. The zero-order valence-corrected chi connectivity index (χ0v) is 28.3. The zero-order chi connectivity index (χ0) is 36.8. The van der Waals surface area contributed by atoms with E-state index >= 15 is 0 Å². The normalized spacial score (nSPS) is 14.7. The van der Waals surface area contributed by atoms with Crippen molar-refractivity contribution in [1.29, 1.82) is 0 Å². The van der Waals surface area contributed by atoms with E-state index in [2.05, 4.69) is 5.32 Å². The Kier molecular flexibility index (Phi) is 10.8. The number of benzene rings is 4. The smallest absolute Gasteiger partial charge is 0.299 e. The summed E-state index contributed by atoms with van der Waals surface area (Å²) in [7, 11) is 0. The topological polar surface area (TPSA) is 167 Å². The number of hydrogen-bond donors (Lipinski definition) is 1. The maximum Gasteiger partial charge on any atom is 0.299 e. The second-order valence-electron chi connectivity index (χ2n) is 11.6. The maximum absolute atomic E-state index is 11.5. The summed E-state index contributed by atoms with van der Waals surface area (Å²) in [6.45, 7) is 7.66. The first kappa shape index (κ1) is 35.8. The first-order valence-corrected chi connectivity index (χ1v) is 16.4. The van der Waals surface area contributed by atoms with E-state index in [4.69, 9.17) is 0 Å². The third kappa shape index (κ3) is 7.27. The van der Waals surface area contributed by atoms with E-state index in [0.29, 0.717) is 36.3 Å². The molecule has 0 bridgehead atoms. The molecule has 0 radical (unpaired) electrons. The van der Waals surface area contributed by atoms with Crippen LogP contribution < -0.4 is 20.0 Å². The fraction of sp³-hybridized carbons (Fsp3) is 0.211. The minimum absolute atomic E-state index is 0.00741. The van der Waals surface area contributed by atoms with Crippen LogP contribution in [0.5, 0.6) is 0 Å². The molecule has 1 N–H and O–H groups in total. The van der Waals surface area contributed by atoms with Crippen LogP contribution in [0.3, 0.4) is 0 Å². The Labute approximate surface area is 293 Å². The molecule has 8 rings (SSSR count). The Hall–Kier alpha value is -6.50. The Bertz CT molecular complexity index is 2080. The van der Waals surface area contributed by atoms with Crippen LogP contribution >= 0.6 is 0 Å². The van der Waals surface area contributed by atoms with Crippen molar-refractivity contribution in [2.75, 3.05) is 39.7 Å². The Balaban J connectivity index is 0.000000133. The number of fused-ring (bicyclic) bond motifs is 4. The molecule has 0 spiro atoms. The molecule has 0 aliphatic carbocycles. The highest BCUT2D eigenvalue weighted by Gasteiger charge is 2.34. The molecule has 0 aromatic heterocycles. The summed E-state index contributed by atoms with van der Waals surface area (Å²) in [5, 5.41) is 13.0. The molecule has 0 unspecified atom stereocenters. The van der Waals surface area contributed by atoms with E-state index < -0.39 is 28.3 Å². The van der Waals surface area contributed by atoms with E-state index in [1.54, 1.807) is 53.4 Å². The molecule has 13 heteroatoms. The molecule has 4 aliphatic heterocycles. The van der Waals surface area contributed by atoms with Gasteiger partial charge in [-0.1, -0.05) is 42.5 Å². The van der Waals surface area contributed by atoms with E-state index in [1.165, 1.54) is 17.0 Å². The largest absolute Gasteiger partial charge is 0.318 e. The highest BCUT2D eigenvalue weighted by atomic mass is 16.6. The Morgan fingerprint density at radius 3 is 1.75 bits per heavy atom. The van der Waals surface area contributed by atoms with Crippen LogP contribution in [0, 0.1) is 10.1 Å². The average molecular weight is 690 g/mol. The van der Waals surface area contributed by atoms with Gasteiger partial charge in [0.05, 0.1) is 40.3 Å². The molecular formula is C38H35N5O8. The third-order valence-electron chi connectivity index (χ3n) is 8.59. The van der Waals surface area contributed by atoms with Crippen molar-refractivity contribution in [1.82, 2.24) is 0 Å². The van der Waals surface area contributed by atoms with Crippen LogP contribution in [0.4, 0.5) is 28.4 Å². The molecule has 260 valence electrons. The van der Waals surface area contributed by atoms with Gasteiger partial charge in [0.2, 0.25) is 11.8 Å². The summed E-state index contributed by atoms with van der Waals surface area (Å²) in [6.07, 6.45) is 0.842. The maximum atomic E-state index is 11.5. The molecule has 4 aromatic rings. The van der Waals surface area contributed by atoms with Crippen molar-refractivity contribution in [2.45, 2.75) is 33.6 Å². The third-order valence-corrected chi connectivity index (χ3v) is 8.59. The van der Waals surface area contributed by atoms with Gasteiger partial charge >= 0.3 is 0 Å². The van der Waals surface area contributed by atoms with E-state index in [9.17, 15) is 38.9 Å². The molecule has 4 heterocycles. The standard InChI is InChI=1S/C10H10N2O3.C10H9NO2.C10H11NO.C8H5NO2/c1-2-11-9-4-3-8(12(14)15)5-7(9)6-10(11)13;1-2-11-8-6-4-3-5-7(8)9(12)10(11)13;1-2-11-9-6-4-3-5-8(9)7-10(11)12;10-7-5-3-1-2-4-6(5)9-8(7)11/h3-5H,2,6H2,1H3;3-6H,2H2,1H3;3-6H,2,7H2,1H3;1-4H,(H,9,10,11). The number of anilines is 4. The minimum Gasteiger partial charge on any atom is -0.318 e. The lowest BCUT2D eigenvalue weighted by Crippen LogP contribution is -2.29. The lowest BCUT2D eigenvalue weighted by molar-refractivity contribution is -0.384. The summed E-state index contributed by atoms with van der Waals surface area (Å²) in [5.41, 5.74) is 6.17. The van der Waals surface area contributed by atoms with Gasteiger partial charge in [0.15, 0.2) is 0 Å². The predicted molar refractivity (Wildman–Crippen MR) is 191 cm³/mol. The van der Waals surface area contributed by atoms with Crippen LogP contribution in [0.2, 0.25) is 0 Å². The van der Waals surface area contributed by atoms with Crippen LogP contribution in [-0.4, -0.2) is 59.8 Å². The van der Waals surface area contributed by atoms with Crippen LogP contribution in [0.1, 0.15) is 52.6 Å². The summed E-state index contributed by atoms with van der Waals surface area (Å²) in [6, 6.07) is 26.4. The second-order valence-corrected chi connectivity index (χ2v) is 11.6. The lowest BCUT2D eigenvalue weighted by atomic mass is 10.1. The molecule has 4 aromatic carbocycles. The van der Waals surface area contributed by atoms with E-state index in [1.807, 2.05) is 56.0 Å². The molecular weight excluding hydrogens is 654 g/mol. The summed E-state index contributed by atoms with van der Waals surface area (Å²) in [5.74, 6) is -1.56. The predicted octanol–water partition coefficient (Wildman–Crippen LogP) is 5.16. The molecule has 0 saturated heterocycles. The number of nitrogens with zero attached hydrogens (tertiary/aromatic N) is 4. The number of hydrogen-bond acceptors (Lipinski definition) is 8. The highest BCUT2D eigenvalue weighted by Crippen LogP contribution is 2.32. The van der Waals surface area contributed by atoms with Crippen LogP contribution in [0.25, 0.3) is 0 Å². The van der Waals surface area contributed by atoms with Gasteiger partial charge in [0, 0.05) is 43.1 Å². The Morgan fingerprint density at radius 1 is 0.608 bits per heavy atom. The van der Waals surface area contributed by atoms with Crippen molar-refractivity contribution in [3.8, 4) is 0 Å². The average Bonchev–Trinajstić information content (AvgIpc) is 3.82. The van der Waals surface area contributed by atoms with Gasteiger partial charge in [-0.2, -0.15) is 0 Å². The van der Waals surface area contributed by atoms with Crippen LogP contribution in [-0.2, 0) is 32.0 Å². The van der Waals surface area contributed by atoms with Crippen molar-refractivity contribution in [3.05, 3.63) is 123 Å². The van der Waals surface area contributed by atoms with E-state index in [0.717, 1.165) is 34.7 Å². The van der Waals surface area contributed by atoms with Gasteiger partial charge in [-0.25, -0.2) is 0 Å². The molecule has 0 atom stereocenters. The number of carbonyl (C=O) groups is 6. The van der Waals surface area contributed by atoms with Crippen molar-refractivity contribution < 1.29 is 33.7 Å². The first-order chi connectivity index (χ1) is 24.5. The summed E-state index contributed by atoms with van der Waals surface area (Å²) >= 11 is 0. The monoisotopic (exact) mass is 689 g/mol. The number of carbonyl (C=O) groups excluding carboxylic acids is 6. The quantitative estimate of drug-likeness (QED) is 0.174. The number of amides is 4. The number of non-ortho nitro benzene ring substituents is 1. The number of para-hydroxylation sites is 3. The van der Waals surface area contributed by atoms with Gasteiger partial charge in [-0.05, 0) is 68.3 Å². The molecule has 13 nitrogen and oxygen atoms in total. The number of nitro groups is 1. The first-order valence-electron chi connectivity index (χ1n) is 16.4. The molecule has 51 heavy (non-hydrogen) atoms. The van der Waals surface area contributed by atoms with Gasteiger partial charge < -0.3 is 20.0 Å². The van der Waals surface area contributed by atoms with Gasteiger partial charge in [-0.3, -0.25) is 38.9 Å². The number of ketones is 2. The second kappa shape index (κ2) is 15.4. The van der Waals surface area contributed by atoms with Gasteiger partial charge in [0.1, 0.15) is 0 Å². The number of Topliss-reactive ketones (excluding diaryl/α,β-unsaturated/α-hetero) is 2. The zero-order valence-electron chi connectivity index (χ0n) is 28.3. The number of nitro benzene ring substituents is 1. The lowest BCUT2D eigenvalue weighted by Gasteiger charge is -2.13. The molecule has 4 aliphatic rings. The highest BCUT2D eigenvalue weighted by molar-refractivity contribution is 6.52. The van der Waals surface area contributed by atoms with Crippen molar-refractivity contribution in [2.24, 2.45) is 0 Å². The number of nitrogens with one attached hydrogen (secondary N) is 1. The van der Waals surface area contributed by atoms with Crippen molar-refractivity contribution >= 4 is 63.6 Å². The summed E-state index contributed by atoms with van der Waals surface area (Å²) in [4.78, 5) is 82.4. The molecule has 0 fully saturated rings. The van der Waals surface area contributed by atoms with Crippen LogP contribution in [0.15, 0.2) is 91.0 Å². The van der Waals surface area contributed by atoms with Gasteiger partial charge in [-0.15, -0.1) is 0 Å². The fourth-order valence-electron chi connectivity index (χ4n) is 6.15. The molecule has 0 saturated carbocycles. The number of rotatable bonds is 4. The minimum atomic E-state index is -0.536. The SMILES string of the molecule is CCN1C(=O)C(=O)c2ccccc21.CCN1C(=O)Cc2cc([N+](=O)[O-])ccc21.CCN1C(=O)Cc2ccccc21.O=C1Nc2ccccc2C1=O.